The third-order valence-electron chi connectivity index (χ3n) is 1.32. The van der Waals surface area contributed by atoms with Crippen LogP contribution in [-0.4, -0.2) is 11.9 Å². The van der Waals surface area contributed by atoms with Gasteiger partial charge in [-0.2, -0.15) is 0 Å². The molecule has 0 radical (unpaired) electrons. The zero-order valence-electron chi connectivity index (χ0n) is 6.23. The van der Waals surface area contributed by atoms with Gasteiger partial charge in [0.1, 0.15) is 11.9 Å². The van der Waals surface area contributed by atoms with Crippen molar-refractivity contribution < 1.29 is 9.59 Å². The maximum Gasteiger partial charge on any atom is 0.128 e. The summed E-state index contributed by atoms with van der Waals surface area (Å²) >= 11 is 0. The number of carbonyl (C=O) groups excluding carboxylic acids is 2. The van der Waals surface area contributed by atoms with Crippen LogP contribution >= 0.6 is 0 Å². The molecule has 0 rings (SSSR count). The van der Waals surface area contributed by atoms with Gasteiger partial charge in [0, 0.05) is 11.1 Å². The van der Waals surface area contributed by atoms with Gasteiger partial charge in [-0.25, -0.2) is 9.59 Å². The third-order valence-corrected chi connectivity index (χ3v) is 1.32. The Hall–Kier alpha value is -1.10. The molecular weight excluding hydrogens is 128 g/mol. The fourth-order valence-electron chi connectivity index (χ4n) is 0.694. The highest BCUT2D eigenvalue weighted by molar-refractivity contribution is 5.70. The average molecular weight is 138 g/mol. The first kappa shape index (κ1) is 8.90. The highest BCUT2D eigenvalue weighted by atomic mass is 16.1. The van der Waals surface area contributed by atoms with Crippen molar-refractivity contribution in [2.45, 2.75) is 26.7 Å². The molecule has 0 N–H and O–H groups in total. The van der Waals surface area contributed by atoms with E-state index in [1.54, 1.807) is 11.9 Å². The lowest BCUT2D eigenvalue weighted by Gasteiger charge is -1.95. The molecule has 0 bridgehead atoms. The maximum atomic E-state index is 10.1. The van der Waals surface area contributed by atoms with Gasteiger partial charge >= 0.3 is 0 Å². The van der Waals surface area contributed by atoms with Crippen molar-refractivity contribution in [3.05, 3.63) is 11.1 Å². The number of hydrogen-bond acceptors (Lipinski definition) is 2. The summed E-state index contributed by atoms with van der Waals surface area (Å²) in [6, 6.07) is 0. The quantitative estimate of drug-likeness (QED) is 0.435. The standard InChI is InChI=1S/C8H10O2/c1-3-7(5-9)8(4-2)6-10/h3-4H2,1-2H3. The van der Waals surface area contributed by atoms with Gasteiger partial charge in [-0.1, -0.05) is 13.8 Å². The Balaban J connectivity index is 4.60. The third kappa shape index (κ3) is 2.02. The van der Waals surface area contributed by atoms with Gasteiger partial charge in [0.25, 0.3) is 0 Å². The van der Waals surface area contributed by atoms with Crippen LogP contribution in [0.1, 0.15) is 26.7 Å². The van der Waals surface area contributed by atoms with Crippen molar-refractivity contribution in [1.29, 1.82) is 0 Å². The minimum atomic E-state index is 0.442. The average Bonchev–Trinajstić information content (AvgIpc) is 2.00. The minimum Gasteiger partial charge on any atom is -0.233 e. The summed E-state index contributed by atoms with van der Waals surface area (Å²) in [6.45, 7) is 3.63. The molecule has 0 aliphatic heterocycles. The Kier molecular flexibility index (Phi) is 4.23. The Labute approximate surface area is 60.2 Å². The summed E-state index contributed by atoms with van der Waals surface area (Å²) in [5.74, 6) is 3.44. The van der Waals surface area contributed by atoms with Crippen LogP contribution in [0.5, 0.6) is 0 Å². The summed E-state index contributed by atoms with van der Waals surface area (Å²) in [7, 11) is 0. The molecule has 2 nitrogen and oxygen atoms in total. The fourth-order valence-corrected chi connectivity index (χ4v) is 0.694. The number of hydrogen-bond donors (Lipinski definition) is 0. The molecule has 0 saturated heterocycles. The predicted octanol–water partition coefficient (Wildman–Crippen LogP) is 1.32. The summed E-state index contributed by atoms with van der Waals surface area (Å²) < 4.78 is 0. The van der Waals surface area contributed by atoms with E-state index >= 15 is 0 Å². The van der Waals surface area contributed by atoms with Crippen LogP contribution in [0.15, 0.2) is 11.1 Å². The molecule has 0 aromatic heterocycles. The molecule has 0 spiro atoms. The zero-order chi connectivity index (χ0) is 7.98. The largest absolute Gasteiger partial charge is 0.233 e. The molecular formula is C8H10O2. The van der Waals surface area contributed by atoms with Gasteiger partial charge in [0.15, 0.2) is 0 Å². The van der Waals surface area contributed by atoms with Crippen LogP contribution in [-0.2, 0) is 9.59 Å². The topological polar surface area (TPSA) is 34.1 Å². The Morgan fingerprint density at radius 3 is 1.40 bits per heavy atom. The Morgan fingerprint density at radius 1 is 1.00 bits per heavy atom. The summed E-state index contributed by atoms with van der Waals surface area (Å²) in [5, 5.41) is 0. The van der Waals surface area contributed by atoms with E-state index in [2.05, 4.69) is 0 Å². The highest BCUT2D eigenvalue weighted by Crippen LogP contribution is 2.09. The lowest BCUT2D eigenvalue weighted by atomic mass is 10.1. The summed E-state index contributed by atoms with van der Waals surface area (Å²) in [5.41, 5.74) is 0.884. The first-order valence-corrected chi connectivity index (χ1v) is 3.28. The van der Waals surface area contributed by atoms with Gasteiger partial charge in [0.05, 0.1) is 0 Å². The van der Waals surface area contributed by atoms with E-state index in [1.165, 1.54) is 0 Å². The van der Waals surface area contributed by atoms with Crippen molar-refractivity contribution >= 4 is 11.9 Å². The number of allylic oxidation sites excluding steroid dienone is 2. The molecule has 0 aromatic carbocycles. The first-order chi connectivity index (χ1) is 4.79. The van der Waals surface area contributed by atoms with E-state index in [4.69, 9.17) is 0 Å². The maximum absolute atomic E-state index is 10.1. The van der Waals surface area contributed by atoms with E-state index in [1.807, 2.05) is 13.8 Å². The molecule has 0 atom stereocenters. The highest BCUT2D eigenvalue weighted by Gasteiger charge is 2.01. The minimum absolute atomic E-state index is 0.442. The van der Waals surface area contributed by atoms with Gasteiger partial charge in [0.2, 0.25) is 0 Å². The lowest BCUT2D eigenvalue weighted by molar-refractivity contribution is 0.562. The summed E-state index contributed by atoms with van der Waals surface area (Å²) in [6.07, 6.45) is 1.11. The van der Waals surface area contributed by atoms with Crippen molar-refractivity contribution in [3.63, 3.8) is 0 Å². The van der Waals surface area contributed by atoms with Crippen LogP contribution in [0.2, 0.25) is 0 Å². The molecule has 0 saturated carbocycles. The Bertz CT molecular complexity index is 179. The van der Waals surface area contributed by atoms with Crippen LogP contribution < -0.4 is 0 Å². The molecule has 54 valence electrons. The zero-order valence-corrected chi connectivity index (χ0v) is 6.23. The summed E-state index contributed by atoms with van der Waals surface area (Å²) in [4.78, 5) is 20.3. The lowest BCUT2D eigenvalue weighted by Crippen LogP contribution is -1.88. The molecule has 0 aliphatic rings. The normalized spacial score (nSPS) is 7.80. The molecule has 0 fully saturated rings. The molecule has 0 aromatic rings. The second-order valence-electron chi connectivity index (χ2n) is 1.87. The van der Waals surface area contributed by atoms with Crippen LogP contribution in [0.4, 0.5) is 0 Å². The van der Waals surface area contributed by atoms with Gasteiger partial charge in [-0.15, -0.1) is 0 Å². The monoisotopic (exact) mass is 138 g/mol. The molecule has 10 heavy (non-hydrogen) atoms. The molecule has 0 unspecified atom stereocenters. The molecule has 0 amide bonds. The number of rotatable bonds is 3. The van der Waals surface area contributed by atoms with Gasteiger partial charge in [-0.3, -0.25) is 0 Å². The molecule has 0 aliphatic carbocycles. The van der Waals surface area contributed by atoms with E-state index in [0.717, 1.165) is 0 Å². The second-order valence-corrected chi connectivity index (χ2v) is 1.87. The Morgan fingerprint density at radius 2 is 1.30 bits per heavy atom. The predicted molar refractivity (Wildman–Crippen MR) is 39.0 cm³/mol. The first-order valence-electron chi connectivity index (χ1n) is 3.28. The molecule has 2 heteroatoms. The van der Waals surface area contributed by atoms with E-state index in [9.17, 15) is 9.59 Å². The van der Waals surface area contributed by atoms with E-state index in [0.29, 0.717) is 24.0 Å². The van der Waals surface area contributed by atoms with Crippen molar-refractivity contribution in [1.82, 2.24) is 0 Å². The SMILES string of the molecule is CCC(=C=O)C(=C=O)CC. The molecule has 0 heterocycles. The van der Waals surface area contributed by atoms with Crippen LogP contribution in [0.25, 0.3) is 0 Å². The second kappa shape index (κ2) is 4.75. The van der Waals surface area contributed by atoms with Crippen LogP contribution in [0.3, 0.4) is 0 Å². The van der Waals surface area contributed by atoms with Crippen molar-refractivity contribution in [3.8, 4) is 0 Å². The van der Waals surface area contributed by atoms with Crippen molar-refractivity contribution in [2.24, 2.45) is 0 Å². The smallest absolute Gasteiger partial charge is 0.128 e. The van der Waals surface area contributed by atoms with Crippen LogP contribution in [0, 0.1) is 0 Å². The fraction of sp³-hybridized carbons (Fsp3) is 0.500. The van der Waals surface area contributed by atoms with Gasteiger partial charge < -0.3 is 0 Å². The van der Waals surface area contributed by atoms with Crippen molar-refractivity contribution in [2.75, 3.05) is 0 Å². The van der Waals surface area contributed by atoms with E-state index < -0.39 is 0 Å². The van der Waals surface area contributed by atoms with Gasteiger partial charge in [-0.05, 0) is 12.8 Å². The van der Waals surface area contributed by atoms with E-state index in [-0.39, 0.29) is 0 Å².